The summed E-state index contributed by atoms with van der Waals surface area (Å²) in [5, 5.41) is 8.58. The smallest absolute Gasteiger partial charge is 0.410 e. The summed E-state index contributed by atoms with van der Waals surface area (Å²) < 4.78 is 5.40. The molecule has 0 bridgehead atoms. The number of aliphatic carboxylic acids is 1. The Balaban J connectivity index is 2.71. The Kier molecular flexibility index (Phi) is 6.63. The Hall–Kier alpha value is -2.30. The van der Waals surface area contributed by atoms with Crippen LogP contribution >= 0.6 is 0 Å². The molecule has 0 atom stereocenters. The van der Waals surface area contributed by atoms with Crippen molar-refractivity contribution in [2.45, 2.75) is 39.3 Å². The zero-order valence-corrected chi connectivity index (χ0v) is 13.3. The molecule has 5 nitrogen and oxygen atoms in total. The van der Waals surface area contributed by atoms with Gasteiger partial charge in [-0.05, 0) is 32.8 Å². The number of rotatable bonds is 6. The van der Waals surface area contributed by atoms with Gasteiger partial charge >= 0.3 is 12.1 Å². The van der Waals surface area contributed by atoms with E-state index < -0.39 is 17.7 Å². The number of amides is 1. The number of hydrogen-bond donors (Lipinski definition) is 1. The van der Waals surface area contributed by atoms with Crippen molar-refractivity contribution in [3.8, 4) is 0 Å². The Morgan fingerprint density at radius 1 is 1.23 bits per heavy atom. The normalized spacial score (nSPS) is 11.4. The van der Waals surface area contributed by atoms with Crippen LogP contribution < -0.4 is 0 Å². The summed E-state index contributed by atoms with van der Waals surface area (Å²) in [6, 6.07) is 9.60. The lowest BCUT2D eigenvalue weighted by Gasteiger charge is -2.27. The molecular formula is C17H23NO4. The highest BCUT2D eigenvalue weighted by atomic mass is 16.6. The molecule has 1 N–H and O–H groups in total. The monoisotopic (exact) mass is 305 g/mol. The van der Waals surface area contributed by atoms with Crippen LogP contribution in [0.2, 0.25) is 0 Å². The predicted molar refractivity (Wildman–Crippen MR) is 84.5 cm³/mol. The molecule has 1 rings (SSSR count). The average molecular weight is 305 g/mol. The van der Waals surface area contributed by atoms with E-state index in [9.17, 15) is 9.59 Å². The number of ether oxygens (including phenoxy) is 1. The molecule has 1 aromatic carbocycles. The maximum atomic E-state index is 12.3. The Labute approximate surface area is 131 Å². The Morgan fingerprint density at radius 2 is 1.86 bits per heavy atom. The molecule has 0 radical (unpaired) electrons. The molecule has 0 unspecified atom stereocenters. The van der Waals surface area contributed by atoms with Gasteiger partial charge in [0.25, 0.3) is 0 Å². The molecule has 0 fully saturated rings. The fourth-order valence-corrected chi connectivity index (χ4v) is 1.78. The van der Waals surface area contributed by atoms with E-state index in [-0.39, 0.29) is 0 Å². The number of hydrogen-bond acceptors (Lipinski definition) is 3. The predicted octanol–water partition coefficient (Wildman–Crippen LogP) is 3.45. The molecule has 0 aromatic heterocycles. The highest BCUT2D eigenvalue weighted by Gasteiger charge is 2.21. The summed E-state index contributed by atoms with van der Waals surface area (Å²) in [4.78, 5) is 24.3. The van der Waals surface area contributed by atoms with Crippen molar-refractivity contribution in [2.24, 2.45) is 0 Å². The van der Waals surface area contributed by atoms with Crippen LogP contribution in [0.1, 0.15) is 32.8 Å². The van der Waals surface area contributed by atoms with Crippen molar-refractivity contribution < 1.29 is 19.4 Å². The zero-order valence-electron chi connectivity index (χ0n) is 13.3. The fraction of sp³-hybridized carbons (Fsp3) is 0.412. The second kappa shape index (κ2) is 8.22. The van der Waals surface area contributed by atoms with Crippen molar-refractivity contribution in [2.75, 3.05) is 6.54 Å². The van der Waals surface area contributed by atoms with Crippen LogP contribution in [-0.4, -0.2) is 34.2 Å². The molecule has 0 aliphatic heterocycles. The largest absolute Gasteiger partial charge is 0.478 e. The molecule has 120 valence electrons. The van der Waals surface area contributed by atoms with Crippen LogP contribution in [0, 0.1) is 0 Å². The summed E-state index contributed by atoms with van der Waals surface area (Å²) >= 11 is 0. The van der Waals surface area contributed by atoms with Gasteiger partial charge in [-0.1, -0.05) is 36.4 Å². The van der Waals surface area contributed by atoms with Gasteiger partial charge in [0.15, 0.2) is 0 Å². The third-order valence-corrected chi connectivity index (χ3v) is 2.69. The van der Waals surface area contributed by atoms with E-state index in [4.69, 9.17) is 9.84 Å². The second-order valence-corrected chi connectivity index (χ2v) is 5.92. The van der Waals surface area contributed by atoms with Gasteiger partial charge in [0, 0.05) is 19.2 Å². The number of carboxylic acids is 1. The van der Waals surface area contributed by atoms with Crippen LogP contribution in [0.4, 0.5) is 4.79 Å². The van der Waals surface area contributed by atoms with Crippen molar-refractivity contribution in [3.63, 3.8) is 0 Å². The first kappa shape index (κ1) is 17.8. The minimum Gasteiger partial charge on any atom is -0.478 e. The van der Waals surface area contributed by atoms with Crippen molar-refractivity contribution in [1.82, 2.24) is 4.90 Å². The first-order valence-corrected chi connectivity index (χ1v) is 7.19. The number of nitrogens with zero attached hydrogens (tertiary/aromatic N) is 1. The maximum absolute atomic E-state index is 12.3. The van der Waals surface area contributed by atoms with E-state index in [1.807, 2.05) is 51.1 Å². The summed E-state index contributed by atoms with van der Waals surface area (Å²) in [5.74, 6) is -0.994. The maximum Gasteiger partial charge on any atom is 0.410 e. The number of benzene rings is 1. The Morgan fingerprint density at radius 3 is 2.41 bits per heavy atom. The van der Waals surface area contributed by atoms with Crippen LogP contribution in [-0.2, 0) is 16.1 Å². The molecule has 0 spiro atoms. The Bertz CT molecular complexity index is 517. The number of carboxylic acid groups (broad SMARTS) is 1. The van der Waals surface area contributed by atoms with Crippen molar-refractivity contribution in [1.29, 1.82) is 0 Å². The summed E-state index contributed by atoms with van der Waals surface area (Å²) in [6.07, 6.45) is 2.67. The first-order chi connectivity index (χ1) is 10.3. The van der Waals surface area contributed by atoms with Gasteiger partial charge in [-0.3, -0.25) is 0 Å². The molecule has 5 heteroatoms. The SMILES string of the molecule is CC(C)(C)OC(=O)N(CCC=CC(=O)O)Cc1ccccc1. The van der Waals surface area contributed by atoms with E-state index >= 15 is 0 Å². The van der Waals surface area contributed by atoms with Gasteiger partial charge in [0.1, 0.15) is 5.60 Å². The summed E-state index contributed by atoms with van der Waals surface area (Å²) in [5.41, 5.74) is 0.429. The third-order valence-electron chi connectivity index (χ3n) is 2.69. The van der Waals surface area contributed by atoms with E-state index in [1.165, 1.54) is 6.08 Å². The quantitative estimate of drug-likeness (QED) is 0.817. The second-order valence-electron chi connectivity index (χ2n) is 5.92. The van der Waals surface area contributed by atoms with Crippen molar-refractivity contribution in [3.05, 3.63) is 48.0 Å². The highest BCUT2D eigenvalue weighted by molar-refractivity contribution is 5.79. The van der Waals surface area contributed by atoms with Gasteiger partial charge in [0.05, 0.1) is 0 Å². The molecule has 22 heavy (non-hydrogen) atoms. The molecule has 0 saturated heterocycles. The van der Waals surface area contributed by atoms with Crippen LogP contribution in [0.5, 0.6) is 0 Å². The standard InChI is InChI=1S/C17H23NO4/c1-17(2,3)22-16(21)18(12-8-7-11-15(19)20)13-14-9-5-4-6-10-14/h4-7,9-11H,8,12-13H2,1-3H3,(H,19,20). The minimum absolute atomic E-state index is 0.396. The molecule has 1 aromatic rings. The lowest BCUT2D eigenvalue weighted by molar-refractivity contribution is -0.131. The third kappa shape index (κ3) is 7.47. The molecule has 0 aliphatic rings. The van der Waals surface area contributed by atoms with Gasteiger partial charge in [-0.15, -0.1) is 0 Å². The molecule has 1 amide bonds. The average Bonchev–Trinajstić information content (AvgIpc) is 2.41. The number of carbonyl (C=O) groups is 2. The van der Waals surface area contributed by atoms with Crippen LogP contribution in [0.15, 0.2) is 42.5 Å². The molecule has 0 saturated carbocycles. The molecular weight excluding hydrogens is 282 g/mol. The van der Waals surface area contributed by atoms with E-state index in [1.54, 1.807) is 4.90 Å². The first-order valence-electron chi connectivity index (χ1n) is 7.19. The lowest BCUT2D eigenvalue weighted by Crippen LogP contribution is -2.37. The van der Waals surface area contributed by atoms with E-state index in [0.717, 1.165) is 11.6 Å². The lowest BCUT2D eigenvalue weighted by atomic mass is 10.2. The van der Waals surface area contributed by atoms with Crippen molar-refractivity contribution >= 4 is 12.1 Å². The van der Waals surface area contributed by atoms with Gasteiger partial charge in [-0.25, -0.2) is 9.59 Å². The minimum atomic E-state index is -0.994. The van der Waals surface area contributed by atoms with E-state index in [2.05, 4.69) is 0 Å². The molecule has 0 heterocycles. The van der Waals surface area contributed by atoms with Gasteiger partial charge < -0.3 is 14.7 Å². The fourth-order valence-electron chi connectivity index (χ4n) is 1.78. The number of carbonyl (C=O) groups excluding carboxylic acids is 1. The van der Waals surface area contributed by atoms with Gasteiger partial charge in [-0.2, -0.15) is 0 Å². The highest BCUT2D eigenvalue weighted by Crippen LogP contribution is 2.13. The van der Waals surface area contributed by atoms with Crippen LogP contribution in [0.25, 0.3) is 0 Å². The van der Waals surface area contributed by atoms with Crippen LogP contribution in [0.3, 0.4) is 0 Å². The zero-order chi connectivity index (χ0) is 16.6. The topological polar surface area (TPSA) is 66.8 Å². The summed E-state index contributed by atoms with van der Waals surface area (Å²) in [6.45, 7) is 6.27. The van der Waals surface area contributed by atoms with Gasteiger partial charge in [0.2, 0.25) is 0 Å². The van der Waals surface area contributed by atoms with E-state index in [0.29, 0.717) is 19.5 Å². The summed E-state index contributed by atoms with van der Waals surface area (Å²) in [7, 11) is 0. The molecule has 0 aliphatic carbocycles.